The van der Waals surface area contributed by atoms with Crippen LogP contribution in [-0.2, 0) is 14.3 Å². The number of benzene rings is 2. The Hall–Kier alpha value is -3.35. The molecule has 1 aliphatic carbocycles. The molecule has 0 aromatic heterocycles. The summed E-state index contributed by atoms with van der Waals surface area (Å²) < 4.78 is 4.93. The maximum absolute atomic E-state index is 12.4. The van der Waals surface area contributed by atoms with E-state index in [1.54, 1.807) is 31.2 Å². The molecule has 0 spiro atoms. The molecule has 2 amide bonds. The van der Waals surface area contributed by atoms with Crippen molar-refractivity contribution in [3.8, 4) is 0 Å². The molecule has 2 aromatic rings. The first-order chi connectivity index (χ1) is 13.9. The highest BCUT2D eigenvalue weighted by Gasteiger charge is 2.48. The summed E-state index contributed by atoms with van der Waals surface area (Å²) in [5.74, 6) is -1.43. The summed E-state index contributed by atoms with van der Waals surface area (Å²) in [5, 5.41) is 5.66. The number of hydrogen-bond donors (Lipinski definition) is 2. The molecule has 2 unspecified atom stereocenters. The number of hydrogen-bond acceptors (Lipinski definition) is 5. The van der Waals surface area contributed by atoms with Crippen molar-refractivity contribution in [2.75, 3.05) is 36.2 Å². The van der Waals surface area contributed by atoms with Gasteiger partial charge in [0.2, 0.25) is 11.8 Å². The summed E-state index contributed by atoms with van der Waals surface area (Å²) in [6.45, 7) is 2.05. The zero-order valence-electron chi connectivity index (χ0n) is 16.8. The number of esters is 1. The van der Waals surface area contributed by atoms with Gasteiger partial charge in [0.15, 0.2) is 0 Å². The second kappa shape index (κ2) is 8.77. The lowest BCUT2D eigenvalue weighted by atomic mass is 10.2. The molecule has 1 aliphatic rings. The summed E-state index contributed by atoms with van der Waals surface area (Å²) >= 11 is 0. The first-order valence-corrected chi connectivity index (χ1v) is 9.55. The van der Waals surface area contributed by atoms with Crippen LogP contribution >= 0.6 is 0 Å². The van der Waals surface area contributed by atoms with E-state index in [1.807, 2.05) is 43.3 Å². The van der Waals surface area contributed by atoms with E-state index in [1.165, 1.54) is 0 Å². The Morgan fingerprint density at radius 1 is 0.897 bits per heavy atom. The van der Waals surface area contributed by atoms with Gasteiger partial charge >= 0.3 is 5.97 Å². The van der Waals surface area contributed by atoms with E-state index in [9.17, 15) is 14.4 Å². The molecule has 7 nitrogen and oxygen atoms in total. The molecule has 29 heavy (non-hydrogen) atoms. The number of anilines is 3. The molecule has 2 aromatic carbocycles. The van der Waals surface area contributed by atoms with Crippen molar-refractivity contribution in [1.82, 2.24) is 0 Å². The Morgan fingerprint density at radius 3 is 1.83 bits per heavy atom. The Bertz CT molecular complexity index is 891. The van der Waals surface area contributed by atoms with Gasteiger partial charge in [-0.05, 0) is 61.9 Å². The van der Waals surface area contributed by atoms with Crippen molar-refractivity contribution in [2.24, 2.45) is 11.8 Å². The van der Waals surface area contributed by atoms with Crippen molar-refractivity contribution in [1.29, 1.82) is 0 Å². The lowest BCUT2D eigenvalue weighted by molar-refractivity contribution is -0.122. The van der Waals surface area contributed by atoms with Crippen molar-refractivity contribution in [3.05, 3.63) is 54.1 Å². The molecule has 3 rings (SSSR count). The predicted molar refractivity (Wildman–Crippen MR) is 112 cm³/mol. The van der Waals surface area contributed by atoms with Gasteiger partial charge in [-0.15, -0.1) is 0 Å². The van der Waals surface area contributed by atoms with Crippen molar-refractivity contribution < 1.29 is 19.1 Å². The van der Waals surface area contributed by atoms with Gasteiger partial charge in [-0.25, -0.2) is 4.79 Å². The minimum atomic E-state index is -0.400. The van der Waals surface area contributed by atoms with E-state index < -0.39 is 5.97 Å². The topological polar surface area (TPSA) is 87.7 Å². The largest absolute Gasteiger partial charge is 0.462 e. The number of nitrogens with zero attached hydrogens (tertiary/aromatic N) is 1. The third-order valence-electron chi connectivity index (χ3n) is 4.78. The van der Waals surface area contributed by atoms with E-state index in [0.717, 1.165) is 5.69 Å². The summed E-state index contributed by atoms with van der Waals surface area (Å²) in [7, 11) is 3.90. The molecule has 1 saturated carbocycles. The monoisotopic (exact) mass is 395 g/mol. The van der Waals surface area contributed by atoms with Crippen LogP contribution in [0.1, 0.15) is 23.7 Å². The van der Waals surface area contributed by atoms with Gasteiger partial charge in [-0.2, -0.15) is 0 Å². The lowest BCUT2D eigenvalue weighted by Crippen LogP contribution is -2.20. The van der Waals surface area contributed by atoms with E-state index >= 15 is 0 Å². The maximum Gasteiger partial charge on any atom is 0.338 e. The van der Waals surface area contributed by atoms with Crippen LogP contribution in [0, 0.1) is 11.8 Å². The van der Waals surface area contributed by atoms with Crippen molar-refractivity contribution in [3.63, 3.8) is 0 Å². The molecule has 0 saturated heterocycles. The van der Waals surface area contributed by atoms with Crippen molar-refractivity contribution in [2.45, 2.75) is 13.3 Å². The van der Waals surface area contributed by atoms with Gasteiger partial charge in [0.25, 0.3) is 0 Å². The Labute approximate surface area is 170 Å². The standard InChI is InChI=1S/C22H25N3O4/c1-4-29-22(28)14-5-7-15(8-6-14)23-20(26)18-13-19(18)21(27)24-16-9-11-17(12-10-16)25(2)3/h5-12,18-19H,4,13H2,1-3H3,(H,23,26)(H,24,27). The van der Waals surface area contributed by atoms with Crippen molar-refractivity contribution >= 4 is 34.8 Å². The Balaban J connectivity index is 1.50. The SMILES string of the molecule is CCOC(=O)c1ccc(NC(=O)C2CC2C(=O)Nc2ccc(N(C)C)cc2)cc1. The summed E-state index contributed by atoms with van der Waals surface area (Å²) in [6, 6.07) is 14.0. The number of nitrogens with one attached hydrogen (secondary N) is 2. The van der Waals surface area contributed by atoms with Gasteiger partial charge in [-0.1, -0.05) is 0 Å². The number of carbonyl (C=O) groups excluding carboxylic acids is 3. The average Bonchev–Trinajstić information content (AvgIpc) is 3.50. The number of carbonyl (C=O) groups is 3. The Kier molecular flexibility index (Phi) is 6.16. The molecule has 2 atom stereocenters. The molecule has 7 heteroatoms. The zero-order valence-corrected chi connectivity index (χ0v) is 16.8. The molecule has 0 bridgehead atoms. The molecular weight excluding hydrogens is 370 g/mol. The molecule has 1 fully saturated rings. The summed E-state index contributed by atoms with van der Waals surface area (Å²) in [5.41, 5.74) is 2.75. The van der Waals surface area contributed by atoms with Crippen LogP contribution in [0.2, 0.25) is 0 Å². The van der Waals surface area contributed by atoms with E-state index in [0.29, 0.717) is 30.0 Å². The normalized spacial score (nSPS) is 17.2. The third kappa shape index (κ3) is 5.13. The van der Waals surface area contributed by atoms with Gasteiger partial charge in [-0.3, -0.25) is 9.59 Å². The molecule has 2 N–H and O–H groups in total. The lowest BCUT2D eigenvalue weighted by Gasteiger charge is -2.13. The number of amides is 2. The van der Waals surface area contributed by atoms with Crippen LogP contribution in [0.5, 0.6) is 0 Å². The first-order valence-electron chi connectivity index (χ1n) is 9.55. The van der Waals surface area contributed by atoms with Crippen LogP contribution in [0.4, 0.5) is 17.1 Å². The third-order valence-corrected chi connectivity index (χ3v) is 4.78. The fourth-order valence-electron chi connectivity index (χ4n) is 2.99. The summed E-state index contributed by atoms with van der Waals surface area (Å²) in [4.78, 5) is 38.4. The minimum Gasteiger partial charge on any atom is -0.462 e. The van der Waals surface area contributed by atoms with E-state index in [4.69, 9.17) is 4.74 Å². The molecule has 0 radical (unpaired) electrons. The van der Waals surface area contributed by atoms with Crippen LogP contribution in [0.3, 0.4) is 0 Å². The average molecular weight is 395 g/mol. The van der Waals surface area contributed by atoms with E-state index in [2.05, 4.69) is 10.6 Å². The molecular formula is C22H25N3O4. The minimum absolute atomic E-state index is 0.152. The molecule has 0 aliphatic heterocycles. The van der Waals surface area contributed by atoms with Gasteiger partial charge in [0.05, 0.1) is 24.0 Å². The van der Waals surface area contributed by atoms with Crippen LogP contribution in [0.15, 0.2) is 48.5 Å². The summed E-state index contributed by atoms with van der Waals surface area (Å²) in [6.07, 6.45) is 0.522. The quantitative estimate of drug-likeness (QED) is 0.703. The zero-order chi connectivity index (χ0) is 21.0. The van der Waals surface area contributed by atoms with Gasteiger partial charge in [0.1, 0.15) is 0 Å². The van der Waals surface area contributed by atoms with Gasteiger partial charge in [0, 0.05) is 31.2 Å². The maximum atomic E-state index is 12.4. The number of ether oxygens (including phenoxy) is 1. The highest BCUT2D eigenvalue weighted by atomic mass is 16.5. The fraction of sp³-hybridized carbons (Fsp3) is 0.318. The van der Waals surface area contributed by atoms with Gasteiger partial charge < -0.3 is 20.3 Å². The second-order valence-corrected chi connectivity index (χ2v) is 7.17. The highest BCUT2D eigenvalue weighted by Crippen LogP contribution is 2.40. The first kappa shape index (κ1) is 20.4. The highest BCUT2D eigenvalue weighted by molar-refractivity contribution is 6.03. The van der Waals surface area contributed by atoms with Crippen LogP contribution in [0.25, 0.3) is 0 Å². The van der Waals surface area contributed by atoms with E-state index in [-0.39, 0.29) is 23.7 Å². The molecule has 152 valence electrons. The van der Waals surface area contributed by atoms with Crippen LogP contribution < -0.4 is 15.5 Å². The smallest absolute Gasteiger partial charge is 0.338 e. The fourth-order valence-corrected chi connectivity index (χ4v) is 2.99. The molecule has 0 heterocycles. The van der Waals surface area contributed by atoms with Crippen LogP contribution in [-0.4, -0.2) is 38.5 Å². The number of rotatable bonds is 7. The predicted octanol–water partition coefficient (Wildman–Crippen LogP) is 3.14. The second-order valence-electron chi connectivity index (χ2n) is 7.17. The Morgan fingerprint density at radius 2 is 1.38 bits per heavy atom.